The van der Waals surface area contributed by atoms with E-state index in [0.717, 1.165) is 184 Å². The molecule has 24 rings (SSSR count). The molecule has 13 heterocycles. The monoisotopic (exact) mass is 1940 g/mol. The number of likely N-dealkylation sites (tertiary alicyclic amines) is 1. The lowest BCUT2D eigenvalue weighted by Gasteiger charge is -2.14. The molecule has 15 N–H and O–H groups in total. The largest absolute Gasteiger partial charge is 0.354 e. The Morgan fingerprint density at radius 2 is 0.710 bits per heavy atom. The summed E-state index contributed by atoms with van der Waals surface area (Å²) in [5.74, 6) is -2.80. The number of hydrogen-bond acceptors (Lipinski definition) is 12. The summed E-state index contributed by atoms with van der Waals surface area (Å²) >= 11 is 3.40. The molecule has 6 aromatic heterocycles. The van der Waals surface area contributed by atoms with E-state index in [1.165, 1.54) is 97.4 Å². The SMILES string of the molecule is CNCc1ccc(-c2[nH]c3cc(F)cc4c3c2CCNC4=O)cc1.CNCc1cccc(-c2[nH]c3cc(F)cc4c3c2CCNC4=O)c1.CS(=O)(=O)c1ccc(-c2[nH]c3cccc4c3c2CCNC4=O)cc1.O=C(Nc1ccccc1)c1[nH]c2cccc3c2c1CCNC3=O.O=C1NCCc2c(-c3ccc(CN4CCCC4)cc3)[nH]c3cc(F)cc1c23.O=C1NCCc2c(Br)[nH]c3cc(F)cc1c23. The van der Waals surface area contributed by atoms with E-state index in [1.54, 1.807) is 30.3 Å². The minimum Gasteiger partial charge on any atom is -0.354 e. The minimum atomic E-state index is -3.22. The van der Waals surface area contributed by atoms with Crippen LogP contribution in [0.25, 0.3) is 110 Å². The summed E-state index contributed by atoms with van der Waals surface area (Å²) in [7, 11) is 0.613. The van der Waals surface area contributed by atoms with Crippen LogP contribution < -0.4 is 47.9 Å². The van der Waals surface area contributed by atoms with Crippen molar-refractivity contribution in [3.8, 4) is 45.0 Å². The summed E-state index contributed by atoms with van der Waals surface area (Å²) < 4.78 is 79.2. The third-order valence-electron chi connectivity index (χ3n) is 26.0. The molecule has 25 nitrogen and oxygen atoms in total. The number of carbonyl (C=O) groups is 7. The third-order valence-corrected chi connectivity index (χ3v) is 27.8. The number of nitrogens with one attached hydrogen (secondary N) is 15. The summed E-state index contributed by atoms with van der Waals surface area (Å²) in [6, 6.07) is 63.5. The van der Waals surface area contributed by atoms with Gasteiger partial charge in [-0.25, -0.2) is 26.0 Å². The zero-order chi connectivity index (χ0) is 95.7. The van der Waals surface area contributed by atoms with E-state index >= 15 is 0 Å². The second kappa shape index (κ2) is 39.4. The summed E-state index contributed by atoms with van der Waals surface area (Å²) in [6.45, 7) is 8.28. The summed E-state index contributed by atoms with van der Waals surface area (Å²) in [6.07, 6.45) is 8.05. The Bertz CT molecular complexity index is 7830. The number of hydrogen-bond donors (Lipinski definition) is 15. The fourth-order valence-corrected chi connectivity index (χ4v) is 21.0. The highest BCUT2D eigenvalue weighted by Gasteiger charge is 2.32. The molecule has 1 saturated heterocycles. The number of carbonyl (C=O) groups excluding carboxylic acids is 7. The van der Waals surface area contributed by atoms with Crippen LogP contribution in [-0.2, 0) is 68.0 Å². The van der Waals surface area contributed by atoms with Gasteiger partial charge in [-0.15, -0.1) is 0 Å². The molecular formula is C107H97BrF4N16O9S. The average Bonchev–Trinajstić information content (AvgIpc) is 1.58. The van der Waals surface area contributed by atoms with E-state index < -0.39 is 33.1 Å². The van der Waals surface area contributed by atoms with E-state index in [0.29, 0.717) is 112 Å². The summed E-state index contributed by atoms with van der Waals surface area (Å²) in [4.78, 5) is 108. The second-order valence-electron chi connectivity index (χ2n) is 35.1. The summed E-state index contributed by atoms with van der Waals surface area (Å²) in [5.41, 5.74) is 26.5. The molecule has 0 radical (unpaired) electrons. The van der Waals surface area contributed by atoms with Crippen molar-refractivity contribution in [1.82, 2.24) is 77.3 Å². The van der Waals surface area contributed by atoms with Crippen LogP contribution in [0.1, 0.15) is 136 Å². The first-order valence-corrected chi connectivity index (χ1v) is 48.5. The topological polar surface area (TPSA) is 360 Å². The van der Waals surface area contributed by atoms with E-state index in [-0.39, 0.29) is 41.4 Å². The lowest BCUT2D eigenvalue weighted by molar-refractivity contribution is 0.0948. The van der Waals surface area contributed by atoms with Gasteiger partial charge in [-0.05, 0) is 270 Å². The number of amides is 7. The van der Waals surface area contributed by atoms with Crippen LogP contribution in [0.15, 0.2) is 222 Å². The van der Waals surface area contributed by atoms with E-state index in [2.05, 4.69) is 159 Å². The van der Waals surface area contributed by atoms with Crippen molar-refractivity contribution in [3.63, 3.8) is 0 Å². The van der Waals surface area contributed by atoms with Crippen molar-refractivity contribution >= 4 is 138 Å². The minimum absolute atomic E-state index is 0.0580. The number of aromatic nitrogens is 6. The fraction of sp³-hybridized carbons (Fsp3) is 0.206. The molecule has 17 aromatic rings. The molecule has 700 valence electrons. The van der Waals surface area contributed by atoms with E-state index in [1.807, 2.05) is 86.9 Å². The van der Waals surface area contributed by atoms with Crippen LogP contribution in [0.4, 0.5) is 23.2 Å². The molecule has 0 atom stereocenters. The van der Waals surface area contributed by atoms with Crippen molar-refractivity contribution in [1.29, 1.82) is 0 Å². The lowest BCUT2D eigenvalue weighted by Crippen LogP contribution is -2.24. The van der Waals surface area contributed by atoms with Gasteiger partial charge >= 0.3 is 0 Å². The van der Waals surface area contributed by atoms with Crippen molar-refractivity contribution in [2.45, 2.75) is 75.9 Å². The maximum Gasteiger partial charge on any atom is 0.272 e. The van der Waals surface area contributed by atoms with Crippen LogP contribution in [-0.4, -0.2) is 157 Å². The molecule has 138 heavy (non-hydrogen) atoms. The summed E-state index contributed by atoms with van der Waals surface area (Å²) in [5, 5.41) is 31.4. The Morgan fingerprint density at radius 1 is 0.355 bits per heavy atom. The van der Waals surface area contributed by atoms with Gasteiger partial charge in [0.25, 0.3) is 41.4 Å². The lowest BCUT2D eigenvalue weighted by atomic mass is 9.99. The number of rotatable bonds is 13. The number of nitrogens with zero attached hydrogens (tertiary/aromatic N) is 1. The van der Waals surface area contributed by atoms with E-state index in [4.69, 9.17) is 0 Å². The molecule has 0 unspecified atom stereocenters. The number of H-pyrrole nitrogens is 6. The third kappa shape index (κ3) is 18.8. The van der Waals surface area contributed by atoms with Gasteiger partial charge in [0.15, 0.2) is 9.84 Å². The van der Waals surface area contributed by atoms with Crippen LogP contribution in [0.3, 0.4) is 0 Å². The Balaban J connectivity index is 0.000000106. The predicted octanol–water partition coefficient (Wildman–Crippen LogP) is 17.4. The van der Waals surface area contributed by atoms with Gasteiger partial charge in [-0.2, -0.15) is 0 Å². The van der Waals surface area contributed by atoms with Crippen molar-refractivity contribution in [2.24, 2.45) is 0 Å². The Labute approximate surface area is 798 Å². The number of aromatic amines is 6. The number of benzene rings is 11. The number of sulfone groups is 1. The van der Waals surface area contributed by atoms with Crippen molar-refractivity contribution in [2.75, 3.05) is 78.0 Å². The molecule has 31 heteroatoms. The van der Waals surface area contributed by atoms with Crippen LogP contribution in [0.2, 0.25) is 0 Å². The normalized spacial score (nSPS) is 14.7. The van der Waals surface area contributed by atoms with E-state index in [9.17, 15) is 59.5 Å². The smallest absolute Gasteiger partial charge is 0.272 e. The van der Waals surface area contributed by atoms with Gasteiger partial charge in [0, 0.05) is 165 Å². The maximum atomic E-state index is 14.0. The Kier molecular flexibility index (Phi) is 26.3. The van der Waals surface area contributed by atoms with Gasteiger partial charge in [-0.3, -0.25) is 38.5 Å². The number of halogens is 5. The van der Waals surface area contributed by atoms with Crippen LogP contribution in [0, 0.1) is 23.3 Å². The molecule has 7 aliphatic rings. The van der Waals surface area contributed by atoms with Gasteiger partial charge in [0.2, 0.25) is 0 Å². The molecule has 7 aliphatic heterocycles. The molecule has 11 aromatic carbocycles. The van der Waals surface area contributed by atoms with Gasteiger partial charge in [0.1, 0.15) is 29.0 Å². The van der Waals surface area contributed by atoms with Crippen LogP contribution >= 0.6 is 15.9 Å². The zero-order valence-corrected chi connectivity index (χ0v) is 78.0. The highest BCUT2D eigenvalue weighted by molar-refractivity contribution is 9.10. The Morgan fingerprint density at radius 3 is 1.15 bits per heavy atom. The highest BCUT2D eigenvalue weighted by atomic mass is 79.9. The first-order chi connectivity index (χ1) is 66.9. The molecule has 0 saturated carbocycles. The molecular weight excluding hydrogens is 1840 g/mol. The first-order valence-electron chi connectivity index (χ1n) is 45.8. The molecule has 0 spiro atoms. The van der Waals surface area contributed by atoms with Gasteiger partial charge in [0.05, 0.1) is 37.3 Å². The maximum absolute atomic E-state index is 14.0. The number of anilines is 1. The standard InChI is InChI=1S/C22H22FN3O.2C19H18FN3O.C18H15N3O2.C18H16N2O3S.C11H8BrFN2O/c23-16-11-18-20-17(7-8-24-22(18)27)21(25-19(20)12-16)15-5-3-14(4-6-15)13-26-9-1-2-10-26;1-21-10-11-2-4-12(5-3-11)18-14-6-7-22-19(24)15-8-13(20)9-16(23-18)17(14)15;1-21-10-11-3-2-4-12(7-11)18-14-5-6-22-19(24)15-8-13(20)9-16(23-18)17(14)15;22-17-13-7-4-8-14-15(13)12(9-10-19-17)16(21-14)18(23)20-11-5-2-1-3-6-11;1-24(22,23)12-7-5-11(6-8-12)17-13-9-10-19-18(21)14-3-2-4-15(20-17)16(13)14;12-10-6-1-2-14-11(16)7-3-5(13)4-8(15-10)9(6)7/h3-6,11-12,25H,1-2,7-10,13H2,(H,24,27);2-5,8-9,21,23H,6-7,10H2,1H3,(H,22,24);2-4,7-9,21,23H,5-6,10H2,1H3,(H,22,24);1-8,21H,9-10H2,(H,19,22)(H,20,23);2-8,20H,9-10H2,1H3,(H,19,21);3-4,15H,1-2H2,(H,14,16). The second-order valence-corrected chi connectivity index (χ2v) is 37.9. The van der Waals surface area contributed by atoms with Crippen LogP contribution in [0.5, 0.6) is 0 Å². The van der Waals surface area contributed by atoms with Crippen molar-refractivity contribution < 1.29 is 59.5 Å². The van der Waals surface area contributed by atoms with Gasteiger partial charge < -0.3 is 77.8 Å². The molecule has 0 bridgehead atoms. The number of para-hydroxylation sites is 1. The average molecular weight is 1940 g/mol. The highest BCUT2D eigenvalue weighted by Crippen LogP contribution is 2.42. The predicted molar refractivity (Wildman–Crippen MR) is 533 cm³/mol. The van der Waals surface area contributed by atoms with Crippen molar-refractivity contribution in [3.05, 3.63) is 329 Å². The Hall–Kier alpha value is -15.0. The molecule has 1 fully saturated rings. The first kappa shape index (κ1) is 92.1. The zero-order valence-electron chi connectivity index (χ0n) is 75.6. The van der Waals surface area contributed by atoms with Gasteiger partial charge in [-0.1, -0.05) is 109 Å². The quantitative estimate of drug-likeness (QED) is 0.0479. The molecule has 7 amide bonds. The fourth-order valence-electron chi connectivity index (χ4n) is 19.8. The molecule has 0 aliphatic carbocycles.